The van der Waals surface area contributed by atoms with Gasteiger partial charge in [-0.25, -0.2) is 0 Å². The minimum atomic E-state index is 0.0940. The fourth-order valence-corrected chi connectivity index (χ4v) is 2.09. The van der Waals surface area contributed by atoms with Gasteiger partial charge in [0.1, 0.15) is 5.69 Å². The summed E-state index contributed by atoms with van der Waals surface area (Å²) in [5, 5.41) is 6.66. The van der Waals surface area contributed by atoms with Crippen LogP contribution in [-0.2, 0) is 0 Å². The number of aryl methyl sites for hydroxylation is 1. The Labute approximate surface area is 89.7 Å². The van der Waals surface area contributed by atoms with Crippen molar-refractivity contribution in [1.82, 2.24) is 15.1 Å². The number of hydrogen-bond acceptors (Lipinski definition) is 2. The number of carbonyl (C=O) groups is 1. The first kappa shape index (κ1) is 10.2. The molecule has 0 saturated carbocycles. The number of amides is 1. The van der Waals surface area contributed by atoms with E-state index in [0.29, 0.717) is 11.6 Å². The molecular formula is C11H17N3O. The largest absolute Gasteiger partial charge is 0.337 e. The monoisotopic (exact) mass is 207 g/mol. The van der Waals surface area contributed by atoms with Crippen LogP contribution in [0.4, 0.5) is 0 Å². The normalized spacial score (nSPS) is 21.7. The Kier molecular flexibility index (Phi) is 2.75. The van der Waals surface area contributed by atoms with Crippen molar-refractivity contribution < 1.29 is 4.79 Å². The highest BCUT2D eigenvalue weighted by molar-refractivity contribution is 5.93. The Morgan fingerprint density at radius 1 is 1.67 bits per heavy atom. The lowest BCUT2D eigenvalue weighted by molar-refractivity contribution is 0.0676. The average molecular weight is 207 g/mol. The van der Waals surface area contributed by atoms with Crippen LogP contribution in [-0.4, -0.2) is 34.1 Å². The van der Waals surface area contributed by atoms with Gasteiger partial charge in [-0.15, -0.1) is 0 Å². The van der Waals surface area contributed by atoms with E-state index in [9.17, 15) is 4.79 Å². The number of aromatic amines is 1. The Bertz CT molecular complexity index is 358. The first-order valence-electron chi connectivity index (χ1n) is 5.47. The van der Waals surface area contributed by atoms with Crippen molar-refractivity contribution in [2.24, 2.45) is 5.92 Å². The number of carbonyl (C=O) groups excluding carboxylic acids is 1. The van der Waals surface area contributed by atoms with Gasteiger partial charge in [-0.2, -0.15) is 5.10 Å². The van der Waals surface area contributed by atoms with Crippen LogP contribution in [0.1, 0.15) is 35.8 Å². The quantitative estimate of drug-likeness (QED) is 0.760. The molecule has 4 heteroatoms. The molecule has 1 aliphatic heterocycles. The highest BCUT2D eigenvalue weighted by Crippen LogP contribution is 2.18. The molecule has 0 bridgehead atoms. The van der Waals surface area contributed by atoms with Gasteiger partial charge < -0.3 is 4.90 Å². The summed E-state index contributed by atoms with van der Waals surface area (Å²) in [6.07, 6.45) is 4.03. The highest BCUT2D eigenvalue weighted by atomic mass is 16.2. The van der Waals surface area contributed by atoms with Gasteiger partial charge in [0.05, 0.1) is 6.20 Å². The average Bonchev–Trinajstić information content (AvgIpc) is 2.63. The molecule has 1 atom stereocenters. The SMILES string of the molecule is Cc1cn[nH]c1C(=O)N1CCCC(C)C1. The maximum Gasteiger partial charge on any atom is 0.272 e. The second-order valence-electron chi connectivity index (χ2n) is 4.43. The van der Waals surface area contributed by atoms with Crippen LogP contribution in [0.15, 0.2) is 6.20 Å². The number of H-pyrrole nitrogens is 1. The molecule has 1 saturated heterocycles. The van der Waals surface area contributed by atoms with Gasteiger partial charge in [0.2, 0.25) is 0 Å². The van der Waals surface area contributed by atoms with Crippen molar-refractivity contribution in [3.63, 3.8) is 0 Å². The standard InChI is InChI=1S/C11H17N3O/c1-8-4-3-5-14(7-8)11(15)10-9(2)6-12-13-10/h6,8H,3-5,7H2,1-2H3,(H,12,13). The number of rotatable bonds is 1. The smallest absolute Gasteiger partial charge is 0.272 e. The molecule has 0 aliphatic carbocycles. The van der Waals surface area contributed by atoms with E-state index in [1.54, 1.807) is 6.20 Å². The van der Waals surface area contributed by atoms with Crippen LogP contribution in [0.25, 0.3) is 0 Å². The summed E-state index contributed by atoms with van der Waals surface area (Å²) in [5.74, 6) is 0.711. The summed E-state index contributed by atoms with van der Waals surface area (Å²) in [7, 11) is 0. The van der Waals surface area contributed by atoms with E-state index >= 15 is 0 Å². The van der Waals surface area contributed by atoms with Crippen LogP contribution >= 0.6 is 0 Å². The molecular weight excluding hydrogens is 190 g/mol. The minimum absolute atomic E-state index is 0.0940. The summed E-state index contributed by atoms with van der Waals surface area (Å²) in [5.41, 5.74) is 1.57. The second kappa shape index (κ2) is 4.04. The summed E-state index contributed by atoms with van der Waals surface area (Å²) in [4.78, 5) is 14.0. The first-order valence-corrected chi connectivity index (χ1v) is 5.47. The van der Waals surface area contributed by atoms with E-state index in [1.165, 1.54) is 6.42 Å². The summed E-state index contributed by atoms with van der Waals surface area (Å²) in [6, 6.07) is 0. The molecule has 0 radical (unpaired) electrons. The summed E-state index contributed by atoms with van der Waals surface area (Å²) >= 11 is 0. The van der Waals surface area contributed by atoms with E-state index in [2.05, 4.69) is 17.1 Å². The number of aromatic nitrogens is 2. The molecule has 1 amide bonds. The fourth-order valence-electron chi connectivity index (χ4n) is 2.09. The molecule has 2 heterocycles. The lowest BCUT2D eigenvalue weighted by atomic mass is 10.00. The van der Waals surface area contributed by atoms with Crippen molar-refractivity contribution in [1.29, 1.82) is 0 Å². The third kappa shape index (κ3) is 2.03. The number of nitrogens with zero attached hydrogens (tertiary/aromatic N) is 2. The van der Waals surface area contributed by atoms with Crippen LogP contribution in [0, 0.1) is 12.8 Å². The summed E-state index contributed by atoms with van der Waals surface area (Å²) in [6.45, 7) is 5.85. The molecule has 1 fully saturated rings. The number of likely N-dealkylation sites (tertiary alicyclic amines) is 1. The van der Waals surface area contributed by atoms with Crippen LogP contribution in [0.2, 0.25) is 0 Å². The molecule has 2 rings (SSSR count). The predicted molar refractivity (Wildman–Crippen MR) is 57.6 cm³/mol. The predicted octanol–water partition coefficient (Wildman–Crippen LogP) is 1.59. The van der Waals surface area contributed by atoms with Gasteiger partial charge in [0.25, 0.3) is 5.91 Å². The van der Waals surface area contributed by atoms with Gasteiger partial charge in [0, 0.05) is 13.1 Å². The van der Waals surface area contributed by atoms with Gasteiger partial charge in [-0.1, -0.05) is 6.92 Å². The van der Waals surface area contributed by atoms with E-state index in [0.717, 1.165) is 25.1 Å². The third-order valence-corrected chi connectivity index (χ3v) is 2.99. The van der Waals surface area contributed by atoms with E-state index < -0.39 is 0 Å². The molecule has 82 valence electrons. The molecule has 1 aliphatic rings. The van der Waals surface area contributed by atoms with Crippen molar-refractivity contribution >= 4 is 5.91 Å². The van der Waals surface area contributed by atoms with E-state index in [-0.39, 0.29) is 5.91 Å². The highest BCUT2D eigenvalue weighted by Gasteiger charge is 2.23. The second-order valence-corrected chi connectivity index (χ2v) is 4.43. The Balaban J connectivity index is 2.11. The zero-order chi connectivity index (χ0) is 10.8. The lowest BCUT2D eigenvalue weighted by Crippen LogP contribution is -2.39. The number of nitrogens with one attached hydrogen (secondary N) is 1. The zero-order valence-electron chi connectivity index (χ0n) is 9.29. The molecule has 15 heavy (non-hydrogen) atoms. The minimum Gasteiger partial charge on any atom is -0.337 e. The molecule has 0 aromatic carbocycles. The molecule has 4 nitrogen and oxygen atoms in total. The third-order valence-electron chi connectivity index (χ3n) is 2.99. The molecule has 1 aromatic rings. The van der Waals surface area contributed by atoms with E-state index in [4.69, 9.17) is 0 Å². The topological polar surface area (TPSA) is 49.0 Å². The van der Waals surface area contributed by atoms with Gasteiger partial charge in [0.15, 0.2) is 0 Å². The Hall–Kier alpha value is -1.32. The van der Waals surface area contributed by atoms with Gasteiger partial charge in [-0.3, -0.25) is 9.89 Å². The number of piperidine rings is 1. The number of hydrogen-bond donors (Lipinski definition) is 1. The van der Waals surface area contributed by atoms with Crippen LogP contribution in [0.3, 0.4) is 0 Å². The molecule has 1 N–H and O–H groups in total. The fraction of sp³-hybridized carbons (Fsp3) is 0.636. The lowest BCUT2D eigenvalue weighted by Gasteiger charge is -2.30. The van der Waals surface area contributed by atoms with Gasteiger partial charge >= 0.3 is 0 Å². The molecule has 1 unspecified atom stereocenters. The molecule has 0 spiro atoms. The van der Waals surface area contributed by atoms with Gasteiger partial charge in [-0.05, 0) is 31.2 Å². The van der Waals surface area contributed by atoms with Crippen molar-refractivity contribution in [2.45, 2.75) is 26.7 Å². The Morgan fingerprint density at radius 3 is 3.07 bits per heavy atom. The van der Waals surface area contributed by atoms with Crippen molar-refractivity contribution in [3.05, 3.63) is 17.5 Å². The van der Waals surface area contributed by atoms with Crippen molar-refractivity contribution in [2.75, 3.05) is 13.1 Å². The molecule has 1 aromatic heterocycles. The van der Waals surface area contributed by atoms with Crippen LogP contribution in [0.5, 0.6) is 0 Å². The summed E-state index contributed by atoms with van der Waals surface area (Å²) < 4.78 is 0. The Morgan fingerprint density at radius 2 is 2.47 bits per heavy atom. The van der Waals surface area contributed by atoms with E-state index in [1.807, 2.05) is 11.8 Å². The van der Waals surface area contributed by atoms with Crippen LogP contribution < -0.4 is 0 Å². The van der Waals surface area contributed by atoms with Crippen molar-refractivity contribution in [3.8, 4) is 0 Å². The maximum atomic E-state index is 12.1. The zero-order valence-corrected chi connectivity index (χ0v) is 9.29. The maximum absolute atomic E-state index is 12.1. The first-order chi connectivity index (χ1) is 7.18.